The van der Waals surface area contributed by atoms with Gasteiger partial charge in [0, 0.05) is 77.3 Å². The van der Waals surface area contributed by atoms with Crippen molar-refractivity contribution >= 4 is 35.2 Å². The van der Waals surface area contributed by atoms with Crippen LogP contribution >= 0.6 is 0 Å². The zero-order chi connectivity index (χ0) is 49.5. The van der Waals surface area contributed by atoms with E-state index < -0.39 is 8.07 Å². The fourth-order valence-electron chi connectivity index (χ4n) is 9.06. The summed E-state index contributed by atoms with van der Waals surface area (Å²) in [5.74, 6) is 0. The van der Waals surface area contributed by atoms with Crippen molar-refractivity contribution in [3.05, 3.63) is 217 Å². The molecule has 0 saturated carbocycles. The molecule has 0 aliphatic rings. The van der Waals surface area contributed by atoms with E-state index in [0.29, 0.717) is 10.8 Å². The number of aryl methyl sites for hydroxylation is 1. The molecular formula is C65H67IrN3OSi. The normalized spacial score (nSPS) is 11.5. The third-order valence-electron chi connectivity index (χ3n) is 12.3. The molecule has 4 heterocycles. The van der Waals surface area contributed by atoms with E-state index in [1.807, 2.05) is 42.7 Å². The monoisotopic (exact) mass is 1130 g/mol. The summed E-state index contributed by atoms with van der Waals surface area (Å²) in [4.78, 5) is 14.0. The van der Waals surface area contributed by atoms with Crippen LogP contribution < -0.4 is 5.19 Å². The molecule has 0 spiro atoms. The second kappa shape index (κ2) is 22.7. The van der Waals surface area contributed by atoms with E-state index in [0.717, 1.165) is 74.1 Å². The van der Waals surface area contributed by atoms with Crippen LogP contribution in [0.4, 0.5) is 0 Å². The zero-order valence-electron chi connectivity index (χ0n) is 43.0. The summed E-state index contributed by atoms with van der Waals surface area (Å²) in [6.07, 6.45) is 8.20. The van der Waals surface area contributed by atoms with Gasteiger partial charge in [-0.25, -0.2) is 0 Å². The molecule has 6 heteroatoms. The summed E-state index contributed by atoms with van der Waals surface area (Å²) in [5, 5.41) is 3.74. The van der Waals surface area contributed by atoms with Gasteiger partial charge in [0.05, 0.1) is 25.2 Å². The van der Waals surface area contributed by atoms with Gasteiger partial charge in [-0.2, -0.15) is 0 Å². The minimum atomic E-state index is -1.36. The molecule has 0 N–H and O–H groups in total. The Morgan fingerprint density at radius 3 is 1.52 bits per heavy atom. The fraction of sp³-hybridized carbons (Fsp3) is 0.215. The molecular weight excluding hydrogens is 1060 g/mol. The topological polar surface area (TPSA) is 51.8 Å². The van der Waals surface area contributed by atoms with Gasteiger partial charge in [0.15, 0.2) is 0 Å². The maximum Gasteiger partial charge on any atom is 0.143 e. The van der Waals surface area contributed by atoms with Crippen LogP contribution in [0.5, 0.6) is 0 Å². The predicted octanol–water partition coefficient (Wildman–Crippen LogP) is 17.5. The van der Waals surface area contributed by atoms with Gasteiger partial charge in [-0.1, -0.05) is 201 Å². The van der Waals surface area contributed by atoms with Crippen molar-refractivity contribution in [3.63, 3.8) is 0 Å². The molecule has 6 aromatic carbocycles. The molecule has 0 bridgehead atoms. The fourth-order valence-corrected chi connectivity index (χ4v) is 10.6. The van der Waals surface area contributed by atoms with Gasteiger partial charge in [-0.15, -0.1) is 0 Å². The summed E-state index contributed by atoms with van der Waals surface area (Å²) in [7, 11) is -1.36. The minimum Gasteiger partial charge on any atom is -0.455 e. The standard InChI is InChI=1S/C30H21NO.C19H27NSi.C16H19N.Ir/c1-20-17-28(31-19-27(20)22-11-6-3-7-12-22)23-15-16-29-26(18-23)25-14-8-13-24(30(25)32-29)21-9-4-2-5-10-21;1-19(2,3)13-16-12-17(15-10-8-7-9-11-15)20-14-18(16)21(4,5)6;1-16(2,3)12-13-9-10-17-15(11-13)14-7-5-4-6-8-14;/h2-19H,1H3;7-12,14H,13H2,1-6H3;4-11H,12H2,1-3H3;. The average Bonchev–Trinajstić information content (AvgIpc) is 3.72. The van der Waals surface area contributed by atoms with Crippen LogP contribution in [0.25, 0.3) is 78.0 Å². The Hall–Kier alpha value is -6.56. The predicted molar refractivity (Wildman–Crippen MR) is 301 cm³/mol. The zero-order valence-corrected chi connectivity index (χ0v) is 46.4. The number of furan rings is 1. The molecule has 0 amide bonds. The van der Waals surface area contributed by atoms with Gasteiger partial charge in [0.2, 0.25) is 0 Å². The first-order chi connectivity index (χ1) is 33.5. The van der Waals surface area contributed by atoms with E-state index in [-0.39, 0.29) is 20.1 Å². The van der Waals surface area contributed by atoms with Crippen LogP contribution in [0, 0.1) is 17.8 Å². The Morgan fingerprint density at radius 2 is 0.972 bits per heavy atom. The van der Waals surface area contributed by atoms with Gasteiger partial charge in [0.25, 0.3) is 0 Å². The van der Waals surface area contributed by atoms with Gasteiger partial charge >= 0.3 is 0 Å². The molecule has 0 atom stereocenters. The Balaban J connectivity index is 0.000000166. The summed E-state index contributed by atoms with van der Waals surface area (Å²) < 4.78 is 6.31. The molecule has 10 rings (SSSR count). The van der Waals surface area contributed by atoms with Crippen molar-refractivity contribution in [1.82, 2.24) is 15.0 Å². The summed E-state index contributed by atoms with van der Waals surface area (Å²) in [6, 6.07) is 63.1. The van der Waals surface area contributed by atoms with Crippen molar-refractivity contribution in [2.45, 2.75) is 80.9 Å². The quantitative estimate of drug-likeness (QED) is 0.142. The summed E-state index contributed by atoms with van der Waals surface area (Å²) in [5.41, 5.74) is 17.7. The Labute approximate surface area is 437 Å². The number of hydrogen-bond donors (Lipinski definition) is 0. The van der Waals surface area contributed by atoms with Gasteiger partial charge < -0.3 is 4.42 Å². The number of pyridine rings is 3. The first-order valence-electron chi connectivity index (χ1n) is 24.6. The minimum absolute atomic E-state index is 0. The van der Waals surface area contributed by atoms with E-state index in [2.05, 4.69) is 231 Å². The van der Waals surface area contributed by atoms with E-state index in [9.17, 15) is 0 Å². The van der Waals surface area contributed by atoms with Crippen LogP contribution in [-0.4, -0.2) is 23.0 Å². The second-order valence-corrected chi connectivity index (χ2v) is 26.9. The number of benzene rings is 6. The molecule has 0 unspecified atom stereocenters. The smallest absolute Gasteiger partial charge is 0.143 e. The van der Waals surface area contributed by atoms with Crippen molar-refractivity contribution in [2.24, 2.45) is 10.8 Å². The Bertz CT molecular complexity index is 3310. The Kier molecular flexibility index (Phi) is 16.7. The Morgan fingerprint density at radius 1 is 0.451 bits per heavy atom. The van der Waals surface area contributed by atoms with Gasteiger partial charge in [-0.05, 0) is 106 Å². The van der Waals surface area contributed by atoms with E-state index >= 15 is 0 Å². The summed E-state index contributed by atoms with van der Waals surface area (Å²) in [6.45, 7) is 23.1. The van der Waals surface area contributed by atoms with Crippen molar-refractivity contribution in [1.29, 1.82) is 0 Å². The number of rotatable bonds is 8. The van der Waals surface area contributed by atoms with Gasteiger partial charge in [0.1, 0.15) is 11.2 Å². The van der Waals surface area contributed by atoms with Crippen LogP contribution in [0.15, 0.2) is 205 Å². The molecule has 0 aliphatic heterocycles. The molecule has 1 radical (unpaired) electrons. The van der Waals surface area contributed by atoms with E-state index in [1.165, 1.54) is 38.6 Å². The first kappa shape index (κ1) is 52.3. The van der Waals surface area contributed by atoms with E-state index in [4.69, 9.17) is 14.4 Å². The van der Waals surface area contributed by atoms with Crippen molar-refractivity contribution < 1.29 is 24.5 Å². The number of aromatic nitrogens is 3. The number of para-hydroxylation sites is 1. The van der Waals surface area contributed by atoms with Crippen molar-refractivity contribution in [3.8, 4) is 56.0 Å². The molecule has 0 saturated heterocycles. The molecule has 4 aromatic heterocycles. The maximum atomic E-state index is 6.31. The molecule has 71 heavy (non-hydrogen) atoms. The third kappa shape index (κ3) is 13.7. The molecule has 10 aromatic rings. The molecule has 361 valence electrons. The second-order valence-electron chi connectivity index (χ2n) is 21.8. The average molecular weight is 1130 g/mol. The maximum absolute atomic E-state index is 6.31. The first-order valence-corrected chi connectivity index (χ1v) is 28.1. The van der Waals surface area contributed by atoms with Crippen LogP contribution in [-0.2, 0) is 32.9 Å². The largest absolute Gasteiger partial charge is 0.455 e. The molecule has 4 nitrogen and oxygen atoms in total. The van der Waals surface area contributed by atoms with Crippen LogP contribution in [0.2, 0.25) is 19.6 Å². The molecule has 0 fully saturated rings. The third-order valence-corrected chi connectivity index (χ3v) is 14.4. The van der Waals surface area contributed by atoms with Gasteiger partial charge in [-0.3, -0.25) is 15.0 Å². The van der Waals surface area contributed by atoms with E-state index in [1.54, 1.807) is 0 Å². The van der Waals surface area contributed by atoms with Crippen LogP contribution in [0.1, 0.15) is 58.2 Å². The van der Waals surface area contributed by atoms with Crippen LogP contribution in [0.3, 0.4) is 0 Å². The SMILES string of the molecule is CC(C)(C)Cc1cc(-c2ccccc2)ncc1[Si](C)(C)C.CC(C)(C)Cc1ccnc(-c2ccccc2)c1.Cc1cc(-c2ccc3oc4c(-c5ccccc5)cccc4c3c2)ncc1-c1ccccc1.[Ir]. The summed E-state index contributed by atoms with van der Waals surface area (Å²) >= 11 is 0. The number of hydrogen-bond acceptors (Lipinski definition) is 4. The number of nitrogens with zero attached hydrogens (tertiary/aromatic N) is 3. The van der Waals surface area contributed by atoms with Crippen molar-refractivity contribution in [2.75, 3.05) is 0 Å². The molecule has 0 aliphatic carbocycles. The number of fused-ring (bicyclic) bond motifs is 3.